The Morgan fingerprint density at radius 2 is 2.21 bits per heavy atom. The summed E-state index contributed by atoms with van der Waals surface area (Å²) in [6.07, 6.45) is 5.92. The van der Waals surface area contributed by atoms with Crippen LogP contribution in [0.4, 0.5) is 5.13 Å². The second-order valence-electron chi connectivity index (χ2n) is 3.57. The van der Waals surface area contributed by atoms with Crippen molar-refractivity contribution in [2.45, 2.75) is 39.2 Å². The maximum Gasteiger partial charge on any atom is 0.202 e. The van der Waals surface area contributed by atoms with Gasteiger partial charge in [-0.25, -0.2) is 4.98 Å². The minimum atomic E-state index is 0.257. The van der Waals surface area contributed by atoms with Crippen molar-refractivity contribution in [3.8, 4) is 12.3 Å². The van der Waals surface area contributed by atoms with Crippen LogP contribution < -0.4 is 5.32 Å². The van der Waals surface area contributed by atoms with Crippen LogP contribution in [0.15, 0.2) is 0 Å². The molecule has 0 amide bonds. The highest BCUT2D eigenvalue weighted by atomic mass is 32.1. The fourth-order valence-electron chi connectivity index (χ4n) is 0.967. The summed E-state index contributed by atoms with van der Waals surface area (Å²) in [5.41, 5.74) is 0. The molecular weight excluding hydrogens is 194 g/mol. The maximum absolute atomic E-state index is 5.21. The van der Waals surface area contributed by atoms with E-state index < -0.39 is 0 Å². The average Bonchev–Trinajstić information content (AvgIpc) is 2.53. The highest BCUT2D eigenvalue weighted by Gasteiger charge is 2.08. The van der Waals surface area contributed by atoms with Gasteiger partial charge in [0.25, 0.3) is 0 Å². The third-order valence-corrected chi connectivity index (χ3v) is 2.41. The molecule has 3 nitrogen and oxygen atoms in total. The Labute approximate surface area is 89.1 Å². The lowest BCUT2D eigenvalue weighted by Crippen LogP contribution is -2.13. The summed E-state index contributed by atoms with van der Waals surface area (Å²) < 4.78 is 4.25. The van der Waals surface area contributed by atoms with Crippen LogP contribution >= 0.6 is 11.5 Å². The molecule has 0 aliphatic rings. The summed E-state index contributed by atoms with van der Waals surface area (Å²) in [7, 11) is 0. The van der Waals surface area contributed by atoms with E-state index in [1.165, 1.54) is 11.5 Å². The van der Waals surface area contributed by atoms with E-state index in [9.17, 15) is 0 Å². The number of nitrogens with zero attached hydrogens (tertiary/aromatic N) is 2. The van der Waals surface area contributed by atoms with Gasteiger partial charge in [0, 0.05) is 29.9 Å². The smallest absolute Gasteiger partial charge is 0.202 e. The summed E-state index contributed by atoms with van der Waals surface area (Å²) in [6.45, 7) is 6.20. The van der Waals surface area contributed by atoms with Crippen molar-refractivity contribution in [3.05, 3.63) is 5.82 Å². The fraction of sp³-hybridized carbons (Fsp3) is 0.600. The van der Waals surface area contributed by atoms with Gasteiger partial charge in [0.05, 0.1) is 0 Å². The van der Waals surface area contributed by atoms with Crippen molar-refractivity contribution < 1.29 is 0 Å². The topological polar surface area (TPSA) is 37.8 Å². The van der Waals surface area contributed by atoms with Crippen LogP contribution in [0.25, 0.3) is 0 Å². The number of terminal acetylenes is 1. The summed E-state index contributed by atoms with van der Waals surface area (Å²) >= 11 is 1.39. The molecule has 0 radical (unpaired) electrons. The molecule has 1 aromatic rings. The minimum Gasteiger partial charge on any atom is -0.357 e. The van der Waals surface area contributed by atoms with Gasteiger partial charge in [-0.2, -0.15) is 4.37 Å². The standard InChI is InChI=1S/C10H15N3S/c1-5-6-8(4)11-10-12-9(7(2)3)13-14-10/h1,7-8H,6H2,2-4H3,(H,11,12,13). The molecule has 0 bridgehead atoms. The molecule has 0 aliphatic heterocycles. The fourth-order valence-corrected chi connectivity index (χ4v) is 1.79. The largest absolute Gasteiger partial charge is 0.357 e. The summed E-state index contributed by atoms with van der Waals surface area (Å²) in [6, 6.07) is 0.257. The molecule has 0 saturated heterocycles. The SMILES string of the molecule is C#CCC(C)Nc1nc(C(C)C)ns1. The van der Waals surface area contributed by atoms with E-state index >= 15 is 0 Å². The van der Waals surface area contributed by atoms with Crippen LogP contribution in [0.3, 0.4) is 0 Å². The van der Waals surface area contributed by atoms with Crippen LogP contribution in [0.2, 0.25) is 0 Å². The number of rotatable bonds is 4. The van der Waals surface area contributed by atoms with Crippen molar-refractivity contribution in [1.29, 1.82) is 0 Å². The third kappa shape index (κ3) is 3.00. The lowest BCUT2D eigenvalue weighted by Gasteiger charge is -2.07. The molecule has 1 unspecified atom stereocenters. The molecule has 0 fully saturated rings. The second kappa shape index (κ2) is 4.97. The van der Waals surface area contributed by atoms with Crippen LogP contribution in [-0.2, 0) is 0 Å². The highest BCUT2D eigenvalue weighted by molar-refractivity contribution is 7.09. The number of anilines is 1. The van der Waals surface area contributed by atoms with E-state index in [0.717, 1.165) is 11.0 Å². The van der Waals surface area contributed by atoms with Gasteiger partial charge in [-0.3, -0.25) is 0 Å². The van der Waals surface area contributed by atoms with E-state index in [0.29, 0.717) is 12.3 Å². The molecule has 1 heterocycles. The molecule has 4 heteroatoms. The zero-order chi connectivity index (χ0) is 10.6. The Kier molecular flexibility index (Phi) is 3.90. The van der Waals surface area contributed by atoms with Gasteiger partial charge in [-0.05, 0) is 6.92 Å². The summed E-state index contributed by atoms with van der Waals surface area (Å²) in [5.74, 6) is 3.88. The van der Waals surface area contributed by atoms with E-state index in [4.69, 9.17) is 6.42 Å². The van der Waals surface area contributed by atoms with Gasteiger partial charge in [-0.15, -0.1) is 12.3 Å². The van der Waals surface area contributed by atoms with E-state index in [2.05, 4.69) is 34.4 Å². The quantitative estimate of drug-likeness (QED) is 0.774. The predicted molar refractivity (Wildman–Crippen MR) is 60.5 cm³/mol. The van der Waals surface area contributed by atoms with Crippen molar-refractivity contribution in [2.75, 3.05) is 5.32 Å². The summed E-state index contributed by atoms with van der Waals surface area (Å²) in [4.78, 5) is 4.36. The molecule has 0 spiro atoms. The Balaban J connectivity index is 2.56. The van der Waals surface area contributed by atoms with Crippen molar-refractivity contribution >= 4 is 16.7 Å². The van der Waals surface area contributed by atoms with Crippen molar-refractivity contribution in [2.24, 2.45) is 0 Å². The highest BCUT2D eigenvalue weighted by Crippen LogP contribution is 2.18. The molecular formula is C10H15N3S. The first-order valence-electron chi connectivity index (χ1n) is 4.67. The monoisotopic (exact) mass is 209 g/mol. The van der Waals surface area contributed by atoms with Crippen LogP contribution in [0.5, 0.6) is 0 Å². The van der Waals surface area contributed by atoms with E-state index in [1.807, 2.05) is 6.92 Å². The molecule has 1 atom stereocenters. The lowest BCUT2D eigenvalue weighted by molar-refractivity contribution is 0.789. The number of hydrogen-bond acceptors (Lipinski definition) is 4. The van der Waals surface area contributed by atoms with Crippen molar-refractivity contribution in [3.63, 3.8) is 0 Å². The Morgan fingerprint density at radius 1 is 1.50 bits per heavy atom. The molecule has 0 saturated carbocycles. The van der Waals surface area contributed by atoms with Gasteiger partial charge < -0.3 is 5.32 Å². The molecule has 0 aromatic carbocycles. The minimum absolute atomic E-state index is 0.257. The van der Waals surface area contributed by atoms with Crippen LogP contribution in [-0.4, -0.2) is 15.4 Å². The zero-order valence-electron chi connectivity index (χ0n) is 8.74. The van der Waals surface area contributed by atoms with Crippen LogP contribution in [0, 0.1) is 12.3 Å². The molecule has 1 N–H and O–H groups in total. The first kappa shape index (κ1) is 11.0. The maximum atomic E-state index is 5.21. The second-order valence-corrected chi connectivity index (χ2v) is 4.32. The van der Waals surface area contributed by atoms with Gasteiger partial charge >= 0.3 is 0 Å². The average molecular weight is 209 g/mol. The third-order valence-electron chi connectivity index (χ3n) is 1.75. The number of aromatic nitrogens is 2. The number of nitrogens with one attached hydrogen (secondary N) is 1. The van der Waals surface area contributed by atoms with E-state index in [-0.39, 0.29) is 6.04 Å². The molecule has 1 rings (SSSR count). The van der Waals surface area contributed by atoms with Gasteiger partial charge in [-0.1, -0.05) is 13.8 Å². The normalized spacial score (nSPS) is 12.5. The molecule has 14 heavy (non-hydrogen) atoms. The van der Waals surface area contributed by atoms with Crippen LogP contribution in [0.1, 0.15) is 38.9 Å². The Morgan fingerprint density at radius 3 is 2.71 bits per heavy atom. The summed E-state index contributed by atoms with van der Waals surface area (Å²) in [5, 5.41) is 4.08. The van der Waals surface area contributed by atoms with Crippen molar-refractivity contribution in [1.82, 2.24) is 9.36 Å². The Bertz CT molecular complexity index is 324. The van der Waals surface area contributed by atoms with E-state index in [1.54, 1.807) is 0 Å². The Hall–Kier alpha value is -1.08. The first-order valence-corrected chi connectivity index (χ1v) is 5.44. The number of hydrogen-bond donors (Lipinski definition) is 1. The first-order chi connectivity index (χ1) is 6.63. The van der Waals surface area contributed by atoms with Gasteiger partial charge in [0.2, 0.25) is 5.13 Å². The zero-order valence-corrected chi connectivity index (χ0v) is 9.56. The predicted octanol–water partition coefficient (Wildman–Crippen LogP) is 2.49. The van der Waals surface area contributed by atoms with Gasteiger partial charge in [0.1, 0.15) is 5.82 Å². The lowest BCUT2D eigenvalue weighted by atomic mass is 10.2. The molecule has 76 valence electrons. The molecule has 1 aromatic heterocycles. The van der Waals surface area contributed by atoms with Gasteiger partial charge in [0.15, 0.2) is 0 Å². The molecule has 0 aliphatic carbocycles.